The van der Waals surface area contributed by atoms with Crippen molar-refractivity contribution in [3.63, 3.8) is 0 Å². The third kappa shape index (κ3) is 2.03. The summed E-state index contributed by atoms with van der Waals surface area (Å²) in [5, 5.41) is 17.3. The lowest BCUT2D eigenvalue weighted by Gasteiger charge is -2.16. The van der Waals surface area contributed by atoms with Gasteiger partial charge in [0.25, 0.3) is 0 Å². The zero-order chi connectivity index (χ0) is 10.2. The SMILES string of the molecule is O=C(O)N1C[C@@H](O)[C@H](C(F)(F)F)C1. The maximum atomic E-state index is 12.1. The second kappa shape index (κ2) is 3.06. The maximum Gasteiger partial charge on any atom is 0.407 e. The molecule has 1 amide bonds. The Morgan fingerprint density at radius 1 is 1.38 bits per heavy atom. The molecule has 1 aliphatic rings. The Labute approximate surface area is 71.6 Å². The molecular weight excluding hydrogens is 191 g/mol. The molecule has 0 spiro atoms. The first kappa shape index (κ1) is 10.1. The first-order chi connectivity index (χ1) is 5.82. The Morgan fingerprint density at radius 3 is 2.15 bits per heavy atom. The van der Waals surface area contributed by atoms with Gasteiger partial charge in [-0.2, -0.15) is 13.2 Å². The van der Waals surface area contributed by atoms with Crippen LogP contribution in [0.5, 0.6) is 0 Å². The zero-order valence-corrected chi connectivity index (χ0v) is 6.45. The Balaban J connectivity index is 2.67. The lowest BCUT2D eigenvalue weighted by molar-refractivity contribution is -0.188. The van der Waals surface area contributed by atoms with Gasteiger partial charge in [0.05, 0.1) is 12.6 Å². The van der Waals surface area contributed by atoms with Gasteiger partial charge in [0.15, 0.2) is 0 Å². The molecule has 1 aliphatic heterocycles. The molecule has 0 aliphatic carbocycles. The molecule has 13 heavy (non-hydrogen) atoms. The first-order valence-corrected chi connectivity index (χ1v) is 3.55. The number of likely N-dealkylation sites (tertiary alicyclic amines) is 1. The molecule has 0 bridgehead atoms. The molecular formula is C6H8F3NO3. The molecule has 4 nitrogen and oxygen atoms in total. The van der Waals surface area contributed by atoms with Gasteiger partial charge in [0, 0.05) is 6.54 Å². The van der Waals surface area contributed by atoms with Gasteiger partial charge in [0.2, 0.25) is 0 Å². The number of hydrogen-bond donors (Lipinski definition) is 2. The summed E-state index contributed by atoms with van der Waals surface area (Å²) in [5.41, 5.74) is 0. The van der Waals surface area contributed by atoms with E-state index in [4.69, 9.17) is 10.2 Å². The summed E-state index contributed by atoms with van der Waals surface area (Å²) >= 11 is 0. The van der Waals surface area contributed by atoms with Crippen molar-refractivity contribution in [2.75, 3.05) is 13.1 Å². The van der Waals surface area contributed by atoms with Gasteiger partial charge in [0.1, 0.15) is 5.92 Å². The summed E-state index contributed by atoms with van der Waals surface area (Å²) in [6, 6.07) is 0. The third-order valence-corrected chi connectivity index (χ3v) is 1.98. The van der Waals surface area contributed by atoms with Gasteiger partial charge in [-0.15, -0.1) is 0 Å². The van der Waals surface area contributed by atoms with Crippen molar-refractivity contribution in [2.45, 2.75) is 12.3 Å². The van der Waals surface area contributed by atoms with E-state index in [0.717, 1.165) is 0 Å². The number of carboxylic acid groups (broad SMARTS) is 1. The van der Waals surface area contributed by atoms with Crippen LogP contribution in [0.4, 0.5) is 18.0 Å². The third-order valence-electron chi connectivity index (χ3n) is 1.98. The number of alkyl halides is 3. The van der Waals surface area contributed by atoms with Gasteiger partial charge < -0.3 is 15.1 Å². The fraction of sp³-hybridized carbons (Fsp3) is 0.833. The molecule has 0 saturated carbocycles. The van der Waals surface area contributed by atoms with Crippen LogP contribution in [0.3, 0.4) is 0 Å². The normalized spacial score (nSPS) is 29.4. The average Bonchev–Trinajstić information content (AvgIpc) is 2.29. The molecule has 7 heteroatoms. The standard InChI is InChI=1S/C6H8F3NO3/c7-6(8,9)3-1-10(5(12)13)2-4(3)11/h3-4,11H,1-2H2,(H,12,13)/t3-,4-/m1/s1. The number of rotatable bonds is 0. The van der Waals surface area contributed by atoms with Crippen LogP contribution in [-0.2, 0) is 0 Å². The molecule has 0 aromatic rings. The average molecular weight is 199 g/mol. The van der Waals surface area contributed by atoms with Crippen LogP contribution in [0.15, 0.2) is 0 Å². The van der Waals surface area contributed by atoms with E-state index >= 15 is 0 Å². The van der Waals surface area contributed by atoms with E-state index in [1.54, 1.807) is 0 Å². The molecule has 1 heterocycles. The molecule has 1 fully saturated rings. The van der Waals surface area contributed by atoms with Crippen LogP contribution in [0.1, 0.15) is 0 Å². The quantitative estimate of drug-likeness (QED) is 0.597. The number of β-amino-alcohol motifs (C(OH)–C–C–N with tert-alkyl or cyclic N) is 1. The van der Waals surface area contributed by atoms with Crippen LogP contribution in [0, 0.1) is 5.92 Å². The van der Waals surface area contributed by atoms with Crippen molar-refractivity contribution in [1.82, 2.24) is 4.90 Å². The fourth-order valence-corrected chi connectivity index (χ4v) is 1.26. The molecule has 2 N–H and O–H groups in total. The highest BCUT2D eigenvalue weighted by Gasteiger charge is 2.50. The van der Waals surface area contributed by atoms with Crippen LogP contribution in [-0.4, -0.2) is 46.6 Å². The van der Waals surface area contributed by atoms with E-state index in [2.05, 4.69) is 0 Å². The van der Waals surface area contributed by atoms with Crippen molar-refractivity contribution in [3.05, 3.63) is 0 Å². The summed E-state index contributed by atoms with van der Waals surface area (Å²) in [6.45, 7) is -1.15. The molecule has 1 saturated heterocycles. The number of halogens is 3. The lowest BCUT2D eigenvalue weighted by Crippen LogP contribution is -2.33. The van der Waals surface area contributed by atoms with Gasteiger partial charge in [-0.1, -0.05) is 0 Å². The number of hydrogen-bond acceptors (Lipinski definition) is 2. The highest BCUT2D eigenvalue weighted by Crippen LogP contribution is 2.33. The van der Waals surface area contributed by atoms with Crippen molar-refractivity contribution in [1.29, 1.82) is 0 Å². The summed E-state index contributed by atoms with van der Waals surface area (Å²) in [7, 11) is 0. The van der Waals surface area contributed by atoms with Gasteiger partial charge >= 0.3 is 12.3 Å². The largest absolute Gasteiger partial charge is 0.465 e. The van der Waals surface area contributed by atoms with Crippen molar-refractivity contribution >= 4 is 6.09 Å². The Hall–Kier alpha value is -0.980. The summed E-state index contributed by atoms with van der Waals surface area (Å²) in [5.74, 6) is -1.96. The van der Waals surface area contributed by atoms with E-state index in [0.29, 0.717) is 4.90 Å². The summed E-state index contributed by atoms with van der Waals surface area (Å²) < 4.78 is 36.2. The fourth-order valence-electron chi connectivity index (χ4n) is 1.26. The molecule has 76 valence electrons. The van der Waals surface area contributed by atoms with Gasteiger partial charge in [-0.3, -0.25) is 0 Å². The highest BCUT2D eigenvalue weighted by atomic mass is 19.4. The second-order valence-corrected chi connectivity index (χ2v) is 2.90. The van der Waals surface area contributed by atoms with E-state index < -0.39 is 37.4 Å². The van der Waals surface area contributed by atoms with Crippen molar-refractivity contribution in [3.8, 4) is 0 Å². The minimum atomic E-state index is -4.54. The predicted molar refractivity (Wildman–Crippen MR) is 35.1 cm³/mol. The smallest absolute Gasteiger partial charge is 0.407 e. The first-order valence-electron chi connectivity index (χ1n) is 3.55. The molecule has 2 atom stereocenters. The summed E-state index contributed by atoms with van der Waals surface area (Å²) in [6.07, 6.45) is -7.62. The number of nitrogens with zero attached hydrogens (tertiary/aromatic N) is 1. The Bertz CT molecular complexity index is 218. The monoisotopic (exact) mass is 199 g/mol. The van der Waals surface area contributed by atoms with E-state index in [-0.39, 0.29) is 0 Å². The second-order valence-electron chi connectivity index (χ2n) is 2.90. The molecule has 0 unspecified atom stereocenters. The number of aliphatic hydroxyl groups is 1. The number of carbonyl (C=O) groups is 1. The number of aliphatic hydroxyl groups excluding tert-OH is 1. The highest BCUT2D eigenvalue weighted by molar-refractivity contribution is 5.65. The van der Waals surface area contributed by atoms with Gasteiger partial charge in [-0.25, -0.2) is 4.79 Å². The minimum Gasteiger partial charge on any atom is -0.465 e. The van der Waals surface area contributed by atoms with Crippen LogP contribution in [0.25, 0.3) is 0 Å². The van der Waals surface area contributed by atoms with Gasteiger partial charge in [-0.05, 0) is 0 Å². The van der Waals surface area contributed by atoms with Crippen LogP contribution < -0.4 is 0 Å². The van der Waals surface area contributed by atoms with Crippen molar-refractivity contribution < 1.29 is 28.2 Å². The Morgan fingerprint density at radius 2 is 1.92 bits per heavy atom. The topological polar surface area (TPSA) is 60.8 Å². The molecule has 0 aromatic heterocycles. The molecule has 1 rings (SSSR count). The lowest BCUT2D eigenvalue weighted by atomic mass is 10.1. The molecule has 0 aromatic carbocycles. The minimum absolute atomic E-state index is 0.473. The van der Waals surface area contributed by atoms with E-state index in [1.165, 1.54) is 0 Å². The van der Waals surface area contributed by atoms with Crippen LogP contribution >= 0.6 is 0 Å². The maximum absolute atomic E-state index is 12.1. The van der Waals surface area contributed by atoms with Crippen LogP contribution in [0.2, 0.25) is 0 Å². The Kier molecular flexibility index (Phi) is 2.38. The summed E-state index contributed by atoms with van der Waals surface area (Å²) in [4.78, 5) is 10.8. The molecule has 0 radical (unpaired) electrons. The zero-order valence-electron chi connectivity index (χ0n) is 6.45. The van der Waals surface area contributed by atoms with E-state index in [1.807, 2.05) is 0 Å². The van der Waals surface area contributed by atoms with E-state index in [9.17, 15) is 18.0 Å². The number of amides is 1. The predicted octanol–water partition coefficient (Wildman–Crippen LogP) is 0.519. The van der Waals surface area contributed by atoms with Crippen molar-refractivity contribution in [2.24, 2.45) is 5.92 Å².